The Kier molecular flexibility index (Phi) is 10.2. The number of fused-ring (bicyclic) bond motifs is 4. The zero-order valence-electron chi connectivity index (χ0n) is 27.3. The Balaban J connectivity index is 1.33. The fourth-order valence-electron chi connectivity index (χ4n) is 6.64. The summed E-state index contributed by atoms with van der Waals surface area (Å²) in [7, 11) is 1.63. The number of aryl methyl sites for hydroxylation is 1. The lowest BCUT2D eigenvalue weighted by Crippen LogP contribution is -2.42. The summed E-state index contributed by atoms with van der Waals surface area (Å²) in [6.45, 7) is 11.6. The van der Waals surface area contributed by atoms with Crippen LogP contribution in [0.3, 0.4) is 0 Å². The third-order valence-electron chi connectivity index (χ3n) is 9.63. The minimum atomic E-state index is -0.905. The third-order valence-corrected chi connectivity index (χ3v) is 9.63. The highest BCUT2D eigenvalue weighted by Crippen LogP contribution is 2.44. The van der Waals surface area contributed by atoms with E-state index in [-0.39, 0.29) is 48.5 Å². The SMILES string of the molecule is CO[C@H](/C(C)=C/C=C/C(C)=C/c1coc(C)n1)[C@H](C)[C@H]1C[C@@H](O)[C@@]2(C)O[C@H]2/C=C/[C@H](C)[C@@H]2C[C@@H](CC(=O)O2)C[C@H]2O[C@@H]2C(=O)O1. The van der Waals surface area contributed by atoms with Crippen LogP contribution in [0.1, 0.15) is 71.9 Å². The van der Waals surface area contributed by atoms with Crippen LogP contribution < -0.4 is 0 Å². The lowest BCUT2D eigenvalue weighted by Gasteiger charge is -2.33. The first-order chi connectivity index (χ1) is 21.4. The maximum atomic E-state index is 13.4. The van der Waals surface area contributed by atoms with Gasteiger partial charge in [0.15, 0.2) is 12.0 Å². The van der Waals surface area contributed by atoms with Gasteiger partial charge < -0.3 is 33.2 Å². The van der Waals surface area contributed by atoms with Crippen molar-refractivity contribution in [2.75, 3.05) is 7.11 Å². The molecule has 0 spiro atoms. The van der Waals surface area contributed by atoms with Crippen LogP contribution in [-0.4, -0.2) is 77.5 Å². The molecule has 0 aromatic carbocycles. The first-order valence-electron chi connectivity index (χ1n) is 16.0. The summed E-state index contributed by atoms with van der Waals surface area (Å²) in [5.74, 6) is -0.316. The minimum absolute atomic E-state index is 0.0130. The van der Waals surface area contributed by atoms with E-state index in [1.165, 1.54) is 0 Å². The highest BCUT2D eigenvalue weighted by atomic mass is 16.6. The molecule has 246 valence electrons. The van der Waals surface area contributed by atoms with Crippen LogP contribution >= 0.6 is 0 Å². The average Bonchev–Trinajstić information content (AvgIpc) is 3.86. The molecule has 0 unspecified atom stereocenters. The highest BCUT2D eigenvalue weighted by molar-refractivity contribution is 5.78. The van der Waals surface area contributed by atoms with Crippen LogP contribution in [0.2, 0.25) is 0 Å². The molecular formula is C35H47NO9. The Bertz CT molecular complexity index is 1360. The standard InChI is InChI=1S/C35H47NO9/c1-19(13-25-18-41-23(5)36-25)9-8-10-21(3)32(40-7)22(4)27-17-29(37)35(6)30(45-35)12-11-20(2)26-14-24(16-31(38)42-26)15-28-33(43-28)34(39)44-27/h8-13,18,20,22,24,26-30,32-33,37H,14-17H2,1-7H3/b9-8+,12-11+,19-13+,21-10+/t20-,22+,24+,26-,27+,28+,29+,30-,32+,33-,35+/m0/s1. The number of allylic oxidation sites excluding steroid dienone is 4. The smallest absolute Gasteiger partial charge is 0.338 e. The van der Waals surface area contributed by atoms with E-state index in [0.29, 0.717) is 25.2 Å². The maximum Gasteiger partial charge on any atom is 0.338 e. The fraction of sp³-hybridized carbons (Fsp3) is 0.629. The molecule has 4 aliphatic rings. The Morgan fingerprint density at radius 3 is 2.62 bits per heavy atom. The lowest BCUT2D eigenvalue weighted by molar-refractivity contribution is -0.159. The van der Waals surface area contributed by atoms with Crippen LogP contribution in [0.15, 0.2) is 52.2 Å². The zero-order chi connectivity index (χ0) is 32.5. The summed E-state index contributed by atoms with van der Waals surface area (Å²) in [6, 6.07) is 0. The summed E-state index contributed by atoms with van der Waals surface area (Å²) < 4.78 is 34.7. The maximum absolute atomic E-state index is 13.4. The minimum Gasteiger partial charge on any atom is -0.462 e. The molecule has 4 aliphatic heterocycles. The van der Waals surface area contributed by atoms with Gasteiger partial charge >= 0.3 is 11.9 Å². The number of nitrogens with zero attached hydrogens (tertiary/aromatic N) is 1. The van der Waals surface area contributed by atoms with Gasteiger partial charge in [0.2, 0.25) is 0 Å². The van der Waals surface area contributed by atoms with Crippen molar-refractivity contribution in [3.05, 3.63) is 59.4 Å². The number of cyclic esters (lactones) is 1. The number of ether oxygens (including phenoxy) is 5. The van der Waals surface area contributed by atoms with Crippen LogP contribution in [0, 0.1) is 24.7 Å². The van der Waals surface area contributed by atoms with E-state index in [4.69, 9.17) is 28.1 Å². The van der Waals surface area contributed by atoms with Gasteiger partial charge in [-0.05, 0) is 56.8 Å². The molecule has 5 rings (SSSR count). The first kappa shape index (κ1) is 33.3. The lowest BCUT2D eigenvalue weighted by atomic mass is 9.84. The van der Waals surface area contributed by atoms with E-state index in [2.05, 4.69) is 4.98 Å². The third kappa shape index (κ3) is 8.03. The van der Waals surface area contributed by atoms with Crippen molar-refractivity contribution in [1.82, 2.24) is 4.98 Å². The second-order valence-corrected chi connectivity index (χ2v) is 13.3. The second-order valence-electron chi connectivity index (χ2n) is 13.3. The van der Waals surface area contributed by atoms with Crippen LogP contribution in [-0.2, 0) is 33.3 Å². The van der Waals surface area contributed by atoms with E-state index in [1.807, 2.05) is 71.1 Å². The number of epoxide rings is 2. The van der Waals surface area contributed by atoms with Gasteiger partial charge in [-0.1, -0.05) is 44.2 Å². The molecule has 5 heterocycles. The number of aromatic nitrogens is 1. The van der Waals surface area contributed by atoms with Crippen molar-refractivity contribution >= 4 is 18.0 Å². The number of rotatable bonds is 7. The van der Waals surface area contributed by atoms with Crippen molar-refractivity contribution in [2.45, 2.75) is 116 Å². The highest BCUT2D eigenvalue weighted by Gasteiger charge is 2.57. The van der Waals surface area contributed by atoms with E-state index < -0.39 is 36.0 Å². The van der Waals surface area contributed by atoms with Crippen LogP contribution in [0.5, 0.6) is 0 Å². The van der Waals surface area contributed by atoms with Gasteiger partial charge in [0, 0.05) is 38.7 Å². The van der Waals surface area contributed by atoms with Gasteiger partial charge in [-0.25, -0.2) is 9.78 Å². The first-order valence-corrected chi connectivity index (χ1v) is 16.0. The summed E-state index contributed by atoms with van der Waals surface area (Å²) in [4.78, 5) is 30.1. The number of aliphatic hydroxyl groups excluding tert-OH is 1. The molecule has 11 atom stereocenters. The molecule has 0 radical (unpaired) electrons. The van der Waals surface area contributed by atoms with Gasteiger partial charge in [-0.3, -0.25) is 4.79 Å². The van der Waals surface area contributed by atoms with Crippen molar-refractivity contribution in [2.24, 2.45) is 17.8 Å². The summed E-state index contributed by atoms with van der Waals surface area (Å²) in [5, 5.41) is 11.4. The second kappa shape index (κ2) is 13.7. The van der Waals surface area contributed by atoms with Gasteiger partial charge in [0.25, 0.3) is 0 Å². The predicted molar refractivity (Wildman–Crippen MR) is 166 cm³/mol. The van der Waals surface area contributed by atoms with Gasteiger partial charge in [-0.2, -0.15) is 0 Å². The number of esters is 2. The summed E-state index contributed by atoms with van der Waals surface area (Å²) in [5.41, 5.74) is 1.86. The Morgan fingerprint density at radius 1 is 1.16 bits per heavy atom. The predicted octanol–water partition coefficient (Wildman–Crippen LogP) is 5.05. The molecule has 0 aliphatic carbocycles. The Morgan fingerprint density at radius 2 is 1.91 bits per heavy atom. The topological polar surface area (TPSA) is 133 Å². The molecule has 0 saturated carbocycles. The molecule has 1 aromatic heterocycles. The average molecular weight is 626 g/mol. The number of carbonyl (C=O) groups is 2. The molecule has 2 bridgehead atoms. The van der Waals surface area contributed by atoms with Gasteiger partial charge in [0.1, 0.15) is 35.9 Å². The molecule has 3 fully saturated rings. The van der Waals surface area contributed by atoms with Gasteiger partial charge in [0.05, 0.1) is 18.3 Å². The van der Waals surface area contributed by atoms with Crippen molar-refractivity contribution < 1.29 is 42.8 Å². The van der Waals surface area contributed by atoms with Crippen molar-refractivity contribution in [1.29, 1.82) is 0 Å². The molecule has 10 nitrogen and oxygen atoms in total. The summed E-state index contributed by atoms with van der Waals surface area (Å²) in [6.07, 6.45) is 11.7. The van der Waals surface area contributed by atoms with Gasteiger partial charge in [-0.15, -0.1) is 0 Å². The fourth-order valence-corrected chi connectivity index (χ4v) is 6.64. The summed E-state index contributed by atoms with van der Waals surface area (Å²) >= 11 is 0. The monoisotopic (exact) mass is 625 g/mol. The van der Waals surface area contributed by atoms with Crippen molar-refractivity contribution in [3.63, 3.8) is 0 Å². The van der Waals surface area contributed by atoms with E-state index in [1.54, 1.807) is 20.3 Å². The Labute approximate surface area is 265 Å². The van der Waals surface area contributed by atoms with E-state index in [0.717, 1.165) is 16.8 Å². The van der Waals surface area contributed by atoms with E-state index in [9.17, 15) is 14.7 Å². The molecule has 45 heavy (non-hydrogen) atoms. The number of oxazole rings is 1. The number of aliphatic hydroxyl groups is 1. The molecule has 0 amide bonds. The zero-order valence-corrected chi connectivity index (χ0v) is 27.3. The number of methoxy groups -OCH3 is 1. The largest absolute Gasteiger partial charge is 0.462 e. The quantitative estimate of drug-likeness (QED) is 0.190. The Hall–Kier alpha value is -3.05. The molecule has 1 N–H and O–H groups in total. The number of hydrogen-bond donors (Lipinski definition) is 1. The number of carbonyl (C=O) groups excluding carboxylic acids is 2. The molecule has 10 heteroatoms. The molecule has 3 saturated heterocycles. The normalized spacial score (nSPS) is 38.0. The molecule has 1 aromatic rings. The van der Waals surface area contributed by atoms with Crippen molar-refractivity contribution in [3.8, 4) is 0 Å². The number of hydrogen-bond acceptors (Lipinski definition) is 10. The molecular weight excluding hydrogens is 578 g/mol. The van der Waals surface area contributed by atoms with Crippen LogP contribution in [0.4, 0.5) is 0 Å². The van der Waals surface area contributed by atoms with E-state index >= 15 is 0 Å². The van der Waals surface area contributed by atoms with Crippen LogP contribution in [0.25, 0.3) is 6.08 Å².